The third-order valence-electron chi connectivity index (χ3n) is 3.83. The van der Waals surface area contributed by atoms with Gasteiger partial charge in [0, 0.05) is 37.3 Å². The van der Waals surface area contributed by atoms with Crippen LogP contribution in [0.2, 0.25) is 0 Å². The molecule has 0 bridgehead atoms. The Labute approximate surface area is 121 Å². The van der Waals surface area contributed by atoms with E-state index in [0.717, 1.165) is 42.0 Å². The molecule has 0 aliphatic carbocycles. The van der Waals surface area contributed by atoms with Crippen LogP contribution in [0.1, 0.15) is 5.56 Å². The second-order valence-corrected chi connectivity index (χ2v) is 6.18. The molecule has 2 aromatic heterocycles. The number of aromatic nitrogens is 3. The minimum Gasteiger partial charge on any atom is -0.391 e. The van der Waals surface area contributed by atoms with Crippen LogP contribution < -0.4 is 5.73 Å². The van der Waals surface area contributed by atoms with Gasteiger partial charge in [0.1, 0.15) is 11.8 Å². The Kier molecular flexibility index (Phi) is 3.82. The highest BCUT2D eigenvalue weighted by Gasteiger charge is 2.31. The molecule has 20 heavy (non-hydrogen) atoms. The summed E-state index contributed by atoms with van der Waals surface area (Å²) in [4.78, 5) is 13.7. The summed E-state index contributed by atoms with van der Waals surface area (Å²) in [6.45, 7) is 2.42. The molecule has 0 saturated carbocycles. The fourth-order valence-corrected chi connectivity index (χ4v) is 3.58. The Morgan fingerprint density at radius 3 is 3.15 bits per heavy atom. The first-order valence-corrected chi connectivity index (χ1v) is 8.04. The molecule has 3 heterocycles. The monoisotopic (exact) mass is 293 g/mol. The van der Waals surface area contributed by atoms with Crippen molar-refractivity contribution in [3.8, 4) is 0 Å². The minimum atomic E-state index is -0.229. The molecular weight excluding hydrogens is 274 g/mol. The molecule has 6 nitrogen and oxygen atoms in total. The summed E-state index contributed by atoms with van der Waals surface area (Å²) in [7, 11) is 0. The van der Waals surface area contributed by atoms with E-state index < -0.39 is 0 Å². The van der Waals surface area contributed by atoms with Gasteiger partial charge in [-0.2, -0.15) is 11.8 Å². The van der Waals surface area contributed by atoms with Gasteiger partial charge in [0.15, 0.2) is 5.82 Å². The van der Waals surface area contributed by atoms with Crippen LogP contribution in [-0.4, -0.2) is 56.2 Å². The van der Waals surface area contributed by atoms with Crippen LogP contribution in [0.25, 0.3) is 11.0 Å². The fourth-order valence-electron chi connectivity index (χ4n) is 2.82. The van der Waals surface area contributed by atoms with Crippen LogP contribution in [0, 0.1) is 5.92 Å². The third-order valence-corrected chi connectivity index (χ3v) is 4.59. The van der Waals surface area contributed by atoms with E-state index in [1.165, 1.54) is 6.33 Å². The second kappa shape index (κ2) is 5.59. The van der Waals surface area contributed by atoms with Crippen molar-refractivity contribution >= 4 is 28.6 Å². The Balaban J connectivity index is 1.76. The van der Waals surface area contributed by atoms with E-state index in [1.54, 1.807) is 11.8 Å². The van der Waals surface area contributed by atoms with Gasteiger partial charge in [-0.1, -0.05) is 0 Å². The van der Waals surface area contributed by atoms with Crippen molar-refractivity contribution in [2.45, 2.75) is 12.6 Å². The molecule has 3 rings (SSSR count). The summed E-state index contributed by atoms with van der Waals surface area (Å²) in [6.07, 6.45) is 5.27. The first-order chi connectivity index (χ1) is 9.69. The molecule has 1 fully saturated rings. The van der Waals surface area contributed by atoms with Crippen molar-refractivity contribution in [2.75, 3.05) is 30.8 Å². The first-order valence-electron chi connectivity index (χ1n) is 6.65. The third kappa shape index (κ3) is 2.48. The van der Waals surface area contributed by atoms with E-state index in [2.05, 4.69) is 26.1 Å². The molecule has 2 aromatic rings. The molecule has 0 aromatic carbocycles. The van der Waals surface area contributed by atoms with Crippen molar-refractivity contribution in [3.05, 3.63) is 18.1 Å². The first kappa shape index (κ1) is 13.7. The van der Waals surface area contributed by atoms with Gasteiger partial charge in [0.05, 0.1) is 11.6 Å². The number of aliphatic hydroxyl groups excluding tert-OH is 1. The predicted molar refractivity (Wildman–Crippen MR) is 81.5 cm³/mol. The van der Waals surface area contributed by atoms with E-state index in [0.29, 0.717) is 11.7 Å². The SMILES string of the molecule is CSC[C@@H]1CN(Cc2c[nH]c3c(N)ncnc23)C[C@@H]1O. The maximum Gasteiger partial charge on any atom is 0.151 e. The normalized spacial score (nSPS) is 23.7. The van der Waals surface area contributed by atoms with Crippen molar-refractivity contribution in [1.29, 1.82) is 0 Å². The zero-order chi connectivity index (χ0) is 14.1. The molecular formula is C13H19N5OS. The molecule has 0 radical (unpaired) electrons. The number of likely N-dealkylation sites (tertiary alicyclic amines) is 1. The lowest BCUT2D eigenvalue weighted by Crippen LogP contribution is -2.21. The highest BCUT2D eigenvalue weighted by atomic mass is 32.2. The Bertz CT molecular complexity index is 601. The molecule has 1 aliphatic heterocycles. The zero-order valence-corrected chi connectivity index (χ0v) is 12.2. The summed E-state index contributed by atoms with van der Waals surface area (Å²) in [5.74, 6) is 1.83. The lowest BCUT2D eigenvalue weighted by atomic mass is 10.1. The number of H-pyrrole nitrogens is 1. The van der Waals surface area contributed by atoms with Gasteiger partial charge in [-0.15, -0.1) is 0 Å². The molecule has 0 amide bonds. The molecule has 7 heteroatoms. The van der Waals surface area contributed by atoms with E-state index in [4.69, 9.17) is 5.73 Å². The molecule has 0 spiro atoms. The Morgan fingerprint density at radius 1 is 1.50 bits per heavy atom. The average Bonchev–Trinajstić information content (AvgIpc) is 2.97. The van der Waals surface area contributed by atoms with Gasteiger partial charge in [-0.05, 0) is 12.0 Å². The van der Waals surface area contributed by atoms with Crippen LogP contribution in [0.3, 0.4) is 0 Å². The summed E-state index contributed by atoms with van der Waals surface area (Å²) in [6, 6.07) is 0. The molecule has 1 saturated heterocycles. The number of aromatic amines is 1. The number of hydrogen-bond donors (Lipinski definition) is 3. The van der Waals surface area contributed by atoms with Crippen LogP contribution in [0.4, 0.5) is 5.82 Å². The summed E-state index contributed by atoms with van der Waals surface area (Å²) < 4.78 is 0. The second-order valence-electron chi connectivity index (χ2n) is 5.27. The van der Waals surface area contributed by atoms with Crippen LogP contribution in [-0.2, 0) is 6.54 Å². The van der Waals surface area contributed by atoms with Crippen molar-refractivity contribution in [1.82, 2.24) is 19.9 Å². The number of nitrogen functional groups attached to an aromatic ring is 1. The summed E-state index contributed by atoms with van der Waals surface area (Å²) in [5.41, 5.74) is 8.60. The quantitative estimate of drug-likeness (QED) is 0.768. The summed E-state index contributed by atoms with van der Waals surface area (Å²) in [5, 5.41) is 10.1. The number of anilines is 1. The number of rotatable bonds is 4. The number of hydrogen-bond acceptors (Lipinski definition) is 6. The van der Waals surface area contributed by atoms with E-state index in [1.807, 2.05) is 6.20 Å². The fraction of sp³-hybridized carbons (Fsp3) is 0.538. The van der Waals surface area contributed by atoms with Gasteiger partial charge in [0.2, 0.25) is 0 Å². The highest BCUT2D eigenvalue weighted by molar-refractivity contribution is 7.98. The van der Waals surface area contributed by atoms with E-state index >= 15 is 0 Å². The van der Waals surface area contributed by atoms with Gasteiger partial charge in [-0.25, -0.2) is 9.97 Å². The van der Waals surface area contributed by atoms with Crippen LogP contribution in [0.5, 0.6) is 0 Å². The predicted octanol–water partition coefficient (Wildman–Crippen LogP) is 0.696. The molecule has 4 N–H and O–H groups in total. The number of nitrogens with zero attached hydrogens (tertiary/aromatic N) is 3. The lowest BCUT2D eigenvalue weighted by Gasteiger charge is -2.14. The molecule has 2 atom stereocenters. The number of fused-ring (bicyclic) bond motifs is 1. The number of thioether (sulfide) groups is 1. The van der Waals surface area contributed by atoms with E-state index in [-0.39, 0.29) is 6.10 Å². The number of nitrogens with one attached hydrogen (secondary N) is 1. The molecule has 108 valence electrons. The largest absolute Gasteiger partial charge is 0.391 e. The number of aliphatic hydroxyl groups is 1. The number of nitrogens with two attached hydrogens (primary N) is 1. The average molecular weight is 293 g/mol. The zero-order valence-electron chi connectivity index (χ0n) is 11.4. The smallest absolute Gasteiger partial charge is 0.151 e. The van der Waals surface area contributed by atoms with Crippen molar-refractivity contribution < 1.29 is 5.11 Å². The van der Waals surface area contributed by atoms with Gasteiger partial charge >= 0.3 is 0 Å². The maximum absolute atomic E-state index is 10.1. The molecule has 0 unspecified atom stereocenters. The van der Waals surface area contributed by atoms with Crippen LogP contribution in [0.15, 0.2) is 12.5 Å². The lowest BCUT2D eigenvalue weighted by molar-refractivity contribution is 0.149. The Hall–Kier alpha value is -1.31. The standard InChI is InChI=1S/C13H19N5OS/c1-20-6-9-4-18(5-10(9)19)3-8-2-15-12-11(8)16-7-17-13(12)14/h2,7,9-10,15,19H,3-6H2,1H3,(H2,14,16,17)/t9-,10-/m0/s1. The number of β-amino-alcohol motifs (C(OH)–C–C–N with tert-alkyl or cyclic N) is 1. The Morgan fingerprint density at radius 2 is 2.35 bits per heavy atom. The summed E-state index contributed by atoms with van der Waals surface area (Å²) >= 11 is 1.79. The van der Waals surface area contributed by atoms with Crippen LogP contribution >= 0.6 is 11.8 Å². The van der Waals surface area contributed by atoms with Gasteiger partial charge < -0.3 is 15.8 Å². The van der Waals surface area contributed by atoms with Crippen molar-refractivity contribution in [3.63, 3.8) is 0 Å². The maximum atomic E-state index is 10.1. The molecule has 1 aliphatic rings. The van der Waals surface area contributed by atoms with Gasteiger partial charge in [0.25, 0.3) is 0 Å². The van der Waals surface area contributed by atoms with E-state index in [9.17, 15) is 5.11 Å². The van der Waals surface area contributed by atoms with Crippen molar-refractivity contribution in [2.24, 2.45) is 5.92 Å². The minimum absolute atomic E-state index is 0.229. The topological polar surface area (TPSA) is 91.1 Å². The highest BCUT2D eigenvalue weighted by Crippen LogP contribution is 2.25. The van der Waals surface area contributed by atoms with Gasteiger partial charge in [-0.3, -0.25) is 4.90 Å².